The normalized spacial score (nSPS) is 19.2. The molecule has 0 aromatic heterocycles. The molecule has 0 spiro atoms. The van der Waals surface area contributed by atoms with Gasteiger partial charge in [0.05, 0.1) is 0 Å². The predicted molar refractivity (Wildman–Crippen MR) is 63.7 cm³/mol. The number of aryl methyl sites for hydroxylation is 1. The van der Waals surface area contributed by atoms with Crippen molar-refractivity contribution in [1.82, 2.24) is 0 Å². The van der Waals surface area contributed by atoms with Gasteiger partial charge in [0.1, 0.15) is 12.8 Å². The largest absolute Gasteiger partial charge is 0.411 e. The van der Waals surface area contributed by atoms with E-state index < -0.39 is 19.0 Å². The van der Waals surface area contributed by atoms with E-state index in [4.69, 9.17) is 4.74 Å². The first kappa shape index (κ1) is 13.9. The number of hydrogen-bond acceptors (Lipinski definition) is 2. The molecular weight excluding hydrogens is 259 g/mol. The fourth-order valence-corrected chi connectivity index (χ4v) is 2.24. The molecule has 1 heterocycles. The van der Waals surface area contributed by atoms with Gasteiger partial charge in [0, 0.05) is 12.6 Å². The summed E-state index contributed by atoms with van der Waals surface area (Å²) in [5.74, 6) is -0.320. The Balaban J connectivity index is 2.20. The third-order valence-electron chi connectivity index (χ3n) is 2.98. The van der Waals surface area contributed by atoms with Gasteiger partial charge in [0.15, 0.2) is 0 Å². The minimum atomic E-state index is -4.39. The molecule has 19 heavy (non-hydrogen) atoms. The fraction of sp³-hybridized carbons (Fsp3) is 0.462. The first-order valence-corrected chi connectivity index (χ1v) is 5.94. The first-order chi connectivity index (χ1) is 8.88. The van der Waals surface area contributed by atoms with Crippen molar-refractivity contribution in [2.45, 2.75) is 32.2 Å². The minimum absolute atomic E-state index is 0.320. The van der Waals surface area contributed by atoms with Crippen LogP contribution in [0.4, 0.5) is 18.9 Å². The molecule has 6 heteroatoms. The van der Waals surface area contributed by atoms with Crippen LogP contribution in [0.15, 0.2) is 24.3 Å². The van der Waals surface area contributed by atoms with Crippen molar-refractivity contribution in [3.05, 3.63) is 29.8 Å². The summed E-state index contributed by atoms with van der Waals surface area (Å²) in [7, 11) is 0. The summed E-state index contributed by atoms with van der Waals surface area (Å²) in [6, 6.07) is 7.18. The number of hydrogen-bond donors (Lipinski definition) is 0. The van der Waals surface area contributed by atoms with Crippen LogP contribution in [-0.2, 0) is 16.0 Å². The van der Waals surface area contributed by atoms with Gasteiger partial charge in [-0.05, 0) is 24.5 Å². The molecule has 2 rings (SSSR count). The second-order valence-electron chi connectivity index (χ2n) is 4.44. The highest BCUT2D eigenvalue weighted by atomic mass is 19.4. The van der Waals surface area contributed by atoms with Gasteiger partial charge in [-0.15, -0.1) is 0 Å². The molecule has 0 saturated heterocycles. The van der Waals surface area contributed by atoms with Crippen LogP contribution in [0.1, 0.15) is 18.9 Å². The number of nitrogens with zero attached hydrogens (tertiary/aromatic N) is 1. The Morgan fingerprint density at radius 3 is 2.74 bits per heavy atom. The predicted octanol–water partition coefficient (Wildman–Crippen LogP) is 2.89. The summed E-state index contributed by atoms with van der Waals surface area (Å²) < 4.78 is 41.5. The van der Waals surface area contributed by atoms with Crippen molar-refractivity contribution >= 4 is 11.6 Å². The lowest BCUT2D eigenvalue weighted by atomic mass is 10.0. The molecule has 1 aliphatic heterocycles. The maximum atomic E-state index is 12.2. The maximum absolute atomic E-state index is 12.2. The summed E-state index contributed by atoms with van der Waals surface area (Å²) in [6.45, 7) is -0.0182. The number of amides is 1. The number of ether oxygens (including phenoxy) is 1. The van der Waals surface area contributed by atoms with Crippen molar-refractivity contribution < 1.29 is 22.7 Å². The molecular formula is C13H14F3NO2. The average Bonchev–Trinajstić information content (AvgIpc) is 2.34. The molecule has 3 nitrogen and oxygen atoms in total. The number of halogens is 3. The van der Waals surface area contributed by atoms with E-state index in [1.807, 2.05) is 12.1 Å². The lowest BCUT2D eigenvalue weighted by Gasteiger charge is -2.36. The zero-order valence-corrected chi connectivity index (χ0v) is 10.4. The summed E-state index contributed by atoms with van der Waals surface area (Å²) in [4.78, 5) is 13.0. The molecule has 0 radical (unpaired) electrons. The molecule has 104 valence electrons. The molecule has 0 aliphatic carbocycles. The van der Waals surface area contributed by atoms with Crippen LogP contribution in [0.2, 0.25) is 0 Å². The van der Waals surface area contributed by atoms with E-state index in [1.165, 1.54) is 11.8 Å². The number of rotatable bonds is 2. The molecule has 1 amide bonds. The van der Waals surface area contributed by atoms with Crippen LogP contribution in [0.3, 0.4) is 0 Å². The van der Waals surface area contributed by atoms with Gasteiger partial charge < -0.3 is 4.74 Å². The molecule has 1 aromatic rings. The minimum Gasteiger partial charge on any atom is -0.348 e. The van der Waals surface area contributed by atoms with Crippen LogP contribution in [-0.4, -0.2) is 24.9 Å². The Morgan fingerprint density at radius 2 is 2.11 bits per heavy atom. The van der Waals surface area contributed by atoms with Gasteiger partial charge in [0.2, 0.25) is 5.91 Å². The van der Waals surface area contributed by atoms with E-state index in [9.17, 15) is 18.0 Å². The molecule has 0 bridgehead atoms. The summed E-state index contributed by atoms with van der Waals surface area (Å²) >= 11 is 0. The molecule has 1 aromatic carbocycles. The number of para-hydroxylation sites is 1. The highest BCUT2D eigenvalue weighted by molar-refractivity contribution is 5.93. The van der Waals surface area contributed by atoms with Gasteiger partial charge in [0.25, 0.3) is 0 Å². The Kier molecular flexibility index (Phi) is 3.80. The Bertz CT molecular complexity index is 473. The molecule has 1 unspecified atom stereocenters. The number of anilines is 1. The van der Waals surface area contributed by atoms with Crippen molar-refractivity contribution in [1.29, 1.82) is 0 Å². The van der Waals surface area contributed by atoms with Gasteiger partial charge in [-0.25, -0.2) is 0 Å². The summed E-state index contributed by atoms with van der Waals surface area (Å²) in [6.07, 6.45) is -4.27. The SMILES string of the molecule is CC(=O)N1c2ccccc2CCC1OCC(F)(F)F. The van der Waals surface area contributed by atoms with Crippen LogP contribution < -0.4 is 4.90 Å². The number of carbonyl (C=O) groups is 1. The second kappa shape index (κ2) is 5.21. The van der Waals surface area contributed by atoms with E-state index in [1.54, 1.807) is 12.1 Å². The van der Waals surface area contributed by atoms with Crippen molar-refractivity contribution in [2.24, 2.45) is 0 Å². The zero-order chi connectivity index (χ0) is 14.0. The molecule has 0 saturated carbocycles. The number of benzene rings is 1. The third-order valence-corrected chi connectivity index (χ3v) is 2.98. The third kappa shape index (κ3) is 3.26. The fourth-order valence-electron chi connectivity index (χ4n) is 2.24. The second-order valence-corrected chi connectivity index (χ2v) is 4.44. The lowest BCUT2D eigenvalue weighted by molar-refractivity contribution is -0.186. The van der Waals surface area contributed by atoms with E-state index in [0.717, 1.165) is 5.56 Å². The topological polar surface area (TPSA) is 29.5 Å². The Hall–Kier alpha value is -1.56. The highest BCUT2D eigenvalue weighted by Crippen LogP contribution is 2.31. The zero-order valence-electron chi connectivity index (χ0n) is 10.4. The number of fused-ring (bicyclic) bond motifs is 1. The van der Waals surface area contributed by atoms with E-state index >= 15 is 0 Å². The van der Waals surface area contributed by atoms with Crippen LogP contribution in [0, 0.1) is 0 Å². The van der Waals surface area contributed by atoms with E-state index in [0.29, 0.717) is 18.5 Å². The average molecular weight is 273 g/mol. The van der Waals surface area contributed by atoms with Gasteiger partial charge in [-0.2, -0.15) is 13.2 Å². The smallest absolute Gasteiger partial charge is 0.348 e. The lowest BCUT2D eigenvalue weighted by Crippen LogP contribution is -2.45. The van der Waals surface area contributed by atoms with Crippen molar-refractivity contribution in [3.8, 4) is 0 Å². The molecule has 0 N–H and O–H groups in total. The Morgan fingerprint density at radius 1 is 1.42 bits per heavy atom. The standard InChI is InChI=1S/C13H14F3NO2/c1-9(18)17-11-5-3-2-4-10(11)6-7-12(17)19-8-13(14,15)16/h2-5,12H,6-8H2,1H3. The van der Waals surface area contributed by atoms with Crippen LogP contribution >= 0.6 is 0 Å². The van der Waals surface area contributed by atoms with Gasteiger partial charge in [-0.3, -0.25) is 9.69 Å². The summed E-state index contributed by atoms with van der Waals surface area (Å²) in [5.41, 5.74) is 1.58. The number of carbonyl (C=O) groups excluding carboxylic acids is 1. The number of alkyl halides is 3. The van der Waals surface area contributed by atoms with Crippen LogP contribution in [0.25, 0.3) is 0 Å². The van der Waals surface area contributed by atoms with E-state index in [-0.39, 0.29) is 5.91 Å². The summed E-state index contributed by atoms with van der Waals surface area (Å²) in [5, 5.41) is 0. The highest BCUT2D eigenvalue weighted by Gasteiger charge is 2.34. The maximum Gasteiger partial charge on any atom is 0.411 e. The molecule has 1 aliphatic rings. The van der Waals surface area contributed by atoms with Gasteiger partial charge in [-0.1, -0.05) is 18.2 Å². The molecule has 0 fully saturated rings. The van der Waals surface area contributed by atoms with Crippen molar-refractivity contribution in [3.63, 3.8) is 0 Å². The van der Waals surface area contributed by atoms with Crippen molar-refractivity contribution in [2.75, 3.05) is 11.5 Å². The first-order valence-electron chi connectivity index (χ1n) is 5.94. The quantitative estimate of drug-likeness (QED) is 0.829. The molecule has 1 atom stereocenters. The Labute approximate surface area is 109 Å². The van der Waals surface area contributed by atoms with E-state index in [2.05, 4.69) is 0 Å². The monoisotopic (exact) mass is 273 g/mol. The van der Waals surface area contributed by atoms with Gasteiger partial charge >= 0.3 is 6.18 Å². The van der Waals surface area contributed by atoms with Crippen LogP contribution in [0.5, 0.6) is 0 Å².